The molecule has 0 amide bonds. The lowest BCUT2D eigenvalue weighted by Gasteiger charge is -2.07. The third-order valence-corrected chi connectivity index (χ3v) is 2.22. The van der Waals surface area contributed by atoms with E-state index in [1.54, 1.807) is 7.11 Å². The van der Waals surface area contributed by atoms with Crippen molar-refractivity contribution < 1.29 is 9.57 Å². The van der Waals surface area contributed by atoms with E-state index in [9.17, 15) is 0 Å². The fourth-order valence-corrected chi connectivity index (χ4v) is 1.52. The van der Waals surface area contributed by atoms with Gasteiger partial charge < -0.3 is 9.57 Å². The summed E-state index contributed by atoms with van der Waals surface area (Å²) >= 11 is 3.39. The minimum Gasteiger partial charge on any atom is -0.496 e. The molecule has 3 nitrogen and oxygen atoms in total. The van der Waals surface area contributed by atoms with Gasteiger partial charge in [-0.25, -0.2) is 5.90 Å². The first-order chi connectivity index (χ1) is 6.27. The molecule has 0 saturated heterocycles. The van der Waals surface area contributed by atoms with Gasteiger partial charge in [-0.3, -0.25) is 0 Å². The SMILES string of the molecule is COc1ccc(Br)cc1CCON. The molecule has 0 aliphatic heterocycles. The average molecular weight is 246 g/mol. The van der Waals surface area contributed by atoms with Gasteiger partial charge in [0.15, 0.2) is 0 Å². The van der Waals surface area contributed by atoms with Crippen LogP contribution in [0.25, 0.3) is 0 Å². The highest BCUT2D eigenvalue weighted by Gasteiger charge is 2.02. The standard InChI is InChI=1S/C9H12BrNO2/c1-12-9-3-2-8(10)6-7(9)4-5-13-11/h2-3,6H,4-5,11H2,1H3. The van der Waals surface area contributed by atoms with Crippen LogP contribution >= 0.6 is 15.9 Å². The molecule has 0 atom stereocenters. The molecule has 72 valence electrons. The summed E-state index contributed by atoms with van der Waals surface area (Å²) in [6, 6.07) is 5.85. The van der Waals surface area contributed by atoms with E-state index in [4.69, 9.17) is 10.6 Å². The van der Waals surface area contributed by atoms with Gasteiger partial charge in [0.1, 0.15) is 5.75 Å². The lowest BCUT2D eigenvalue weighted by molar-refractivity contribution is 0.140. The van der Waals surface area contributed by atoms with Crippen molar-refractivity contribution in [3.8, 4) is 5.75 Å². The molecule has 0 fully saturated rings. The number of hydrogen-bond acceptors (Lipinski definition) is 3. The van der Waals surface area contributed by atoms with E-state index in [-0.39, 0.29) is 0 Å². The third kappa shape index (κ3) is 2.99. The topological polar surface area (TPSA) is 44.5 Å². The Morgan fingerprint density at radius 2 is 2.23 bits per heavy atom. The van der Waals surface area contributed by atoms with Crippen LogP contribution in [0.15, 0.2) is 22.7 Å². The molecule has 0 aromatic heterocycles. The summed E-state index contributed by atoms with van der Waals surface area (Å²) in [5.41, 5.74) is 1.09. The Balaban J connectivity index is 2.81. The van der Waals surface area contributed by atoms with Crippen LogP contribution in [-0.2, 0) is 11.3 Å². The zero-order chi connectivity index (χ0) is 9.68. The smallest absolute Gasteiger partial charge is 0.122 e. The minimum atomic E-state index is 0.493. The molecule has 1 aromatic rings. The molecular weight excluding hydrogens is 234 g/mol. The summed E-state index contributed by atoms with van der Waals surface area (Å²) in [5.74, 6) is 5.81. The van der Waals surface area contributed by atoms with Crippen molar-refractivity contribution in [1.29, 1.82) is 0 Å². The molecule has 0 aliphatic carbocycles. The molecule has 1 rings (SSSR count). The predicted molar refractivity (Wildman–Crippen MR) is 54.5 cm³/mol. The first-order valence-electron chi connectivity index (χ1n) is 3.92. The fraction of sp³-hybridized carbons (Fsp3) is 0.333. The highest BCUT2D eigenvalue weighted by atomic mass is 79.9. The van der Waals surface area contributed by atoms with Gasteiger partial charge in [-0.2, -0.15) is 0 Å². The number of nitrogens with two attached hydrogens (primary N) is 1. The third-order valence-electron chi connectivity index (χ3n) is 1.73. The Kier molecular flexibility index (Phi) is 4.21. The number of benzene rings is 1. The van der Waals surface area contributed by atoms with Crippen LogP contribution < -0.4 is 10.6 Å². The van der Waals surface area contributed by atoms with Crippen LogP contribution in [0.1, 0.15) is 5.56 Å². The van der Waals surface area contributed by atoms with E-state index in [0.717, 1.165) is 22.2 Å². The van der Waals surface area contributed by atoms with E-state index < -0.39 is 0 Å². The second-order valence-electron chi connectivity index (χ2n) is 2.58. The number of methoxy groups -OCH3 is 1. The van der Waals surface area contributed by atoms with Crippen molar-refractivity contribution >= 4 is 15.9 Å². The minimum absolute atomic E-state index is 0.493. The average Bonchev–Trinajstić information content (AvgIpc) is 2.15. The largest absolute Gasteiger partial charge is 0.496 e. The maximum atomic E-state index is 5.18. The van der Waals surface area contributed by atoms with Gasteiger partial charge in [-0.1, -0.05) is 15.9 Å². The molecule has 0 spiro atoms. The number of ether oxygens (including phenoxy) is 1. The fourth-order valence-electron chi connectivity index (χ4n) is 1.11. The molecule has 1 aromatic carbocycles. The monoisotopic (exact) mass is 245 g/mol. The van der Waals surface area contributed by atoms with Crippen LogP contribution in [0, 0.1) is 0 Å². The van der Waals surface area contributed by atoms with Crippen molar-refractivity contribution in [3.63, 3.8) is 0 Å². The second-order valence-corrected chi connectivity index (χ2v) is 3.49. The van der Waals surface area contributed by atoms with Gasteiger partial charge in [0.25, 0.3) is 0 Å². The van der Waals surface area contributed by atoms with Gasteiger partial charge in [0, 0.05) is 10.9 Å². The van der Waals surface area contributed by atoms with E-state index in [0.29, 0.717) is 6.61 Å². The van der Waals surface area contributed by atoms with Crippen LogP contribution in [0.4, 0.5) is 0 Å². The zero-order valence-electron chi connectivity index (χ0n) is 7.42. The van der Waals surface area contributed by atoms with Crippen molar-refractivity contribution in [3.05, 3.63) is 28.2 Å². The first-order valence-corrected chi connectivity index (χ1v) is 4.71. The Morgan fingerprint density at radius 3 is 2.85 bits per heavy atom. The van der Waals surface area contributed by atoms with E-state index in [1.807, 2.05) is 18.2 Å². The van der Waals surface area contributed by atoms with Crippen LogP contribution in [0.3, 0.4) is 0 Å². The molecule has 0 aliphatic rings. The molecule has 0 heterocycles. The number of halogens is 1. The second kappa shape index (κ2) is 5.21. The maximum absolute atomic E-state index is 5.18. The van der Waals surface area contributed by atoms with Gasteiger partial charge in [0.05, 0.1) is 13.7 Å². The molecule has 0 saturated carbocycles. The Labute approximate surface area is 85.9 Å². The number of rotatable bonds is 4. The number of hydrogen-bond donors (Lipinski definition) is 1. The highest BCUT2D eigenvalue weighted by Crippen LogP contribution is 2.23. The van der Waals surface area contributed by atoms with Crippen molar-refractivity contribution in [2.75, 3.05) is 13.7 Å². The molecule has 0 bridgehead atoms. The van der Waals surface area contributed by atoms with Crippen molar-refractivity contribution in [1.82, 2.24) is 0 Å². The molecule has 0 radical (unpaired) electrons. The van der Waals surface area contributed by atoms with Crippen LogP contribution in [0.2, 0.25) is 0 Å². The first kappa shape index (κ1) is 10.5. The van der Waals surface area contributed by atoms with Crippen molar-refractivity contribution in [2.24, 2.45) is 5.90 Å². The Hall–Kier alpha value is -0.580. The van der Waals surface area contributed by atoms with Gasteiger partial charge in [-0.15, -0.1) is 0 Å². The maximum Gasteiger partial charge on any atom is 0.122 e. The van der Waals surface area contributed by atoms with E-state index in [2.05, 4.69) is 20.8 Å². The van der Waals surface area contributed by atoms with Crippen LogP contribution in [-0.4, -0.2) is 13.7 Å². The zero-order valence-corrected chi connectivity index (χ0v) is 9.00. The normalized spacial score (nSPS) is 10.1. The summed E-state index contributed by atoms with van der Waals surface area (Å²) in [6.45, 7) is 0.493. The summed E-state index contributed by atoms with van der Waals surface area (Å²) in [4.78, 5) is 4.51. The molecule has 13 heavy (non-hydrogen) atoms. The molecule has 4 heteroatoms. The quantitative estimate of drug-likeness (QED) is 0.825. The van der Waals surface area contributed by atoms with Crippen LogP contribution in [0.5, 0.6) is 5.75 Å². The summed E-state index contributed by atoms with van der Waals surface area (Å²) < 4.78 is 6.21. The lowest BCUT2D eigenvalue weighted by atomic mass is 10.1. The van der Waals surface area contributed by atoms with Crippen molar-refractivity contribution in [2.45, 2.75) is 6.42 Å². The van der Waals surface area contributed by atoms with E-state index in [1.165, 1.54) is 0 Å². The van der Waals surface area contributed by atoms with E-state index >= 15 is 0 Å². The van der Waals surface area contributed by atoms with Gasteiger partial charge in [0.2, 0.25) is 0 Å². The summed E-state index contributed by atoms with van der Waals surface area (Å²) in [6.07, 6.45) is 0.749. The lowest BCUT2D eigenvalue weighted by Crippen LogP contribution is -2.04. The highest BCUT2D eigenvalue weighted by molar-refractivity contribution is 9.10. The summed E-state index contributed by atoms with van der Waals surface area (Å²) in [5, 5.41) is 0. The summed E-state index contributed by atoms with van der Waals surface area (Å²) in [7, 11) is 1.65. The van der Waals surface area contributed by atoms with Gasteiger partial charge in [-0.05, 0) is 23.8 Å². The van der Waals surface area contributed by atoms with Gasteiger partial charge >= 0.3 is 0 Å². The molecule has 2 N–H and O–H groups in total. The Bertz CT molecular complexity index is 278. The molecule has 0 unspecified atom stereocenters. The molecular formula is C9H12BrNO2. The predicted octanol–water partition coefficient (Wildman–Crippen LogP) is 1.89. The Morgan fingerprint density at radius 1 is 1.46 bits per heavy atom.